The molecule has 0 aliphatic carbocycles. The highest BCUT2D eigenvalue weighted by Crippen LogP contribution is 2.35. The van der Waals surface area contributed by atoms with E-state index >= 15 is 0 Å². The second kappa shape index (κ2) is 7.20. The van der Waals surface area contributed by atoms with E-state index in [1.54, 1.807) is 4.90 Å². The van der Waals surface area contributed by atoms with Crippen LogP contribution in [-0.4, -0.2) is 16.0 Å². The highest BCUT2D eigenvalue weighted by atomic mass is 32.1. The molecule has 0 N–H and O–H groups in total. The second-order valence-electron chi connectivity index (χ2n) is 7.02. The Morgan fingerprint density at radius 3 is 2.43 bits per heavy atom. The van der Waals surface area contributed by atoms with Crippen LogP contribution >= 0.6 is 11.3 Å². The quantitative estimate of drug-likeness (QED) is 0.466. The van der Waals surface area contributed by atoms with Crippen LogP contribution in [0.4, 0.5) is 10.8 Å². The predicted molar refractivity (Wildman–Crippen MR) is 112 cm³/mol. The number of rotatable bonds is 4. The van der Waals surface area contributed by atoms with E-state index < -0.39 is 0 Å². The van der Waals surface area contributed by atoms with Crippen LogP contribution in [0.1, 0.15) is 28.1 Å². The molecule has 0 saturated carbocycles. The maximum Gasteiger partial charge on any atom is 0.237 e. The number of carbonyl (C=O) groups is 1. The van der Waals surface area contributed by atoms with Crippen molar-refractivity contribution in [2.24, 2.45) is 0 Å². The lowest BCUT2D eigenvalue weighted by Crippen LogP contribution is -2.28. The normalized spacial score (nSPS) is 11.1. The molecule has 0 radical (unpaired) electrons. The Bertz CT molecular complexity index is 1100. The zero-order valence-corrected chi connectivity index (χ0v) is 17.1. The van der Waals surface area contributed by atoms with E-state index in [0.717, 1.165) is 38.3 Å². The Morgan fingerprint density at radius 2 is 1.79 bits per heavy atom. The van der Waals surface area contributed by atoms with Crippen molar-refractivity contribution in [2.45, 2.75) is 34.1 Å². The molecule has 2 aromatic heterocycles. The molecular formula is C22H21N3O2S. The van der Waals surface area contributed by atoms with Gasteiger partial charge >= 0.3 is 0 Å². The Morgan fingerprint density at radius 1 is 1.07 bits per heavy atom. The zero-order valence-electron chi connectivity index (χ0n) is 16.3. The number of para-hydroxylation sites is 1. The van der Waals surface area contributed by atoms with Gasteiger partial charge in [0.1, 0.15) is 5.76 Å². The van der Waals surface area contributed by atoms with Gasteiger partial charge in [0.15, 0.2) is 5.13 Å². The summed E-state index contributed by atoms with van der Waals surface area (Å²) in [6, 6.07) is 14.1. The predicted octanol–water partition coefficient (Wildman–Crippen LogP) is 5.43. The van der Waals surface area contributed by atoms with Crippen molar-refractivity contribution in [2.75, 3.05) is 4.90 Å². The fraction of sp³-hybridized carbons (Fsp3) is 0.227. The van der Waals surface area contributed by atoms with Crippen molar-refractivity contribution in [3.63, 3.8) is 0 Å². The molecule has 142 valence electrons. The number of nitrogens with zero attached hydrogens (tertiary/aromatic N) is 3. The van der Waals surface area contributed by atoms with Crippen LogP contribution in [0, 0.1) is 27.7 Å². The van der Waals surface area contributed by atoms with Crippen molar-refractivity contribution in [1.82, 2.24) is 10.1 Å². The molecule has 0 saturated heterocycles. The fourth-order valence-electron chi connectivity index (χ4n) is 3.38. The highest BCUT2D eigenvalue weighted by molar-refractivity contribution is 7.22. The molecule has 0 spiro atoms. The summed E-state index contributed by atoms with van der Waals surface area (Å²) < 4.78 is 6.29. The number of aromatic nitrogens is 2. The molecule has 0 atom stereocenters. The average Bonchev–Trinajstić information content (AvgIpc) is 3.19. The van der Waals surface area contributed by atoms with E-state index in [-0.39, 0.29) is 12.3 Å². The van der Waals surface area contributed by atoms with Gasteiger partial charge in [-0.1, -0.05) is 34.7 Å². The Hall–Kier alpha value is -2.99. The monoisotopic (exact) mass is 391 g/mol. The van der Waals surface area contributed by atoms with E-state index in [0.29, 0.717) is 10.9 Å². The second-order valence-corrected chi connectivity index (χ2v) is 8.03. The zero-order chi connectivity index (χ0) is 19.8. The number of thiazole rings is 1. The maximum atomic E-state index is 13.4. The summed E-state index contributed by atoms with van der Waals surface area (Å²) in [5.74, 6) is 0.619. The van der Waals surface area contributed by atoms with E-state index in [1.807, 2.05) is 64.1 Å². The van der Waals surface area contributed by atoms with Gasteiger partial charge in [0, 0.05) is 5.56 Å². The smallest absolute Gasteiger partial charge is 0.237 e. The van der Waals surface area contributed by atoms with E-state index in [4.69, 9.17) is 9.51 Å². The number of anilines is 2. The van der Waals surface area contributed by atoms with Gasteiger partial charge in [-0.2, -0.15) is 0 Å². The first kappa shape index (κ1) is 18.4. The molecule has 5 nitrogen and oxygen atoms in total. The molecule has 0 unspecified atom stereocenters. The molecule has 0 bridgehead atoms. The summed E-state index contributed by atoms with van der Waals surface area (Å²) in [4.78, 5) is 19.9. The van der Waals surface area contributed by atoms with Crippen LogP contribution in [-0.2, 0) is 11.2 Å². The van der Waals surface area contributed by atoms with Crippen LogP contribution in [0.2, 0.25) is 0 Å². The van der Waals surface area contributed by atoms with Gasteiger partial charge in [-0.25, -0.2) is 4.98 Å². The van der Waals surface area contributed by atoms with Gasteiger partial charge in [-0.3, -0.25) is 9.69 Å². The first-order valence-electron chi connectivity index (χ1n) is 9.11. The number of aryl methyl sites for hydroxylation is 4. The lowest BCUT2D eigenvalue weighted by Gasteiger charge is -2.21. The van der Waals surface area contributed by atoms with Crippen LogP contribution in [0.5, 0.6) is 0 Å². The van der Waals surface area contributed by atoms with Crippen molar-refractivity contribution < 1.29 is 9.32 Å². The molecular weight excluding hydrogens is 370 g/mol. The molecule has 4 rings (SSSR count). The van der Waals surface area contributed by atoms with Gasteiger partial charge in [0.25, 0.3) is 0 Å². The lowest BCUT2D eigenvalue weighted by atomic mass is 10.1. The minimum atomic E-state index is -0.0570. The minimum absolute atomic E-state index is 0.0570. The summed E-state index contributed by atoms with van der Waals surface area (Å²) >= 11 is 1.52. The number of hydrogen-bond donors (Lipinski definition) is 0. The molecule has 0 aliphatic rings. The maximum absolute atomic E-state index is 13.4. The third-order valence-electron chi connectivity index (χ3n) is 4.70. The van der Waals surface area contributed by atoms with E-state index in [9.17, 15) is 4.79 Å². The SMILES string of the molecule is Cc1cc(C)cc(N(C(=O)Cc2c(C)noc2C)c2nc3ccccc3s2)c1. The number of benzene rings is 2. The third-order valence-corrected chi connectivity index (χ3v) is 5.72. The van der Waals surface area contributed by atoms with Gasteiger partial charge < -0.3 is 4.52 Å². The van der Waals surface area contributed by atoms with Crippen molar-refractivity contribution in [3.8, 4) is 0 Å². The number of amides is 1. The summed E-state index contributed by atoms with van der Waals surface area (Å²) in [6.45, 7) is 7.76. The van der Waals surface area contributed by atoms with Crippen LogP contribution in [0.3, 0.4) is 0 Å². The lowest BCUT2D eigenvalue weighted by molar-refractivity contribution is -0.117. The van der Waals surface area contributed by atoms with Crippen LogP contribution < -0.4 is 4.90 Å². The summed E-state index contributed by atoms with van der Waals surface area (Å²) in [5, 5.41) is 4.65. The average molecular weight is 391 g/mol. The Labute approximate surface area is 167 Å². The van der Waals surface area contributed by atoms with E-state index in [2.05, 4.69) is 11.2 Å². The van der Waals surface area contributed by atoms with Gasteiger partial charge in [-0.15, -0.1) is 0 Å². The van der Waals surface area contributed by atoms with Gasteiger partial charge in [0.05, 0.1) is 28.0 Å². The Balaban J connectivity index is 1.82. The van der Waals surface area contributed by atoms with Crippen LogP contribution in [0.15, 0.2) is 47.0 Å². The minimum Gasteiger partial charge on any atom is -0.361 e. The van der Waals surface area contributed by atoms with Crippen molar-refractivity contribution in [1.29, 1.82) is 0 Å². The van der Waals surface area contributed by atoms with Crippen molar-refractivity contribution >= 4 is 38.3 Å². The fourth-order valence-corrected chi connectivity index (χ4v) is 4.39. The molecule has 28 heavy (non-hydrogen) atoms. The molecule has 0 fully saturated rings. The summed E-state index contributed by atoms with van der Waals surface area (Å²) in [5.41, 5.74) is 5.50. The number of carbonyl (C=O) groups excluding carboxylic acids is 1. The first-order chi connectivity index (χ1) is 13.4. The van der Waals surface area contributed by atoms with Gasteiger partial charge in [-0.05, 0) is 63.1 Å². The number of hydrogen-bond acceptors (Lipinski definition) is 5. The molecule has 6 heteroatoms. The standard InChI is InChI=1S/C22H21N3O2S/c1-13-9-14(2)11-17(10-13)25(21(26)12-18-15(3)24-27-16(18)4)22-23-19-7-5-6-8-20(19)28-22/h5-11H,12H2,1-4H3. The topological polar surface area (TPSA) is 59.2 Å². The first-order valence-corrected chi connectivity index (χ1v) is 9.92. The summed E-state index contributed by atoms with van der Waals surface area (Å²) in [6.07, 6.45) is 0.212. The largest absolute Gasteiger partial charge is 0.361 e. The number of fused-ring (bicyclic) bond motifs is 1. The molecule has 1 amide bonds. The van der Waals surface area contributed by atoms with E-state index in [1.165, 1.54) is 11.3 Å². The molecule has 2 aromatic carbocycles. The highest BCUT2D eigenvalue weighted by Gasteiger charge is 2.25. The van der Waals surface area contributed by atoms with Crippen LogP contribution in [0.25, 0.3) is 10.2 Å². The summed E-state index contributed by atoms with van der Waals surface area (Å²) in [7, 11) is 0. The van der Waals surface area contributed by atoms with Gasteiger partial charge in [0.2, 0.25) is 5.91 Å². The third kappa shape index (κ3) is 3.43. The molecule has 4 aromatic rings. The molecule has 0 aliphatic heterocycles. The molecule has 2 heterocycles. The van der Waals surface area contributed by atoms with Crippen molar-refractivity contribution in [3.05, 3.63) is 70.6 Å². The Kier molecular flexibility index (Phi) is 4.73.